The third kappa shape index (κ3) is 58.0. The van der Waals surface area contributed by atoms with E-state index in [9.17, 15) is 34.5 Å². The van der Waals surface area contributed by atoms with E-state index in [1.165, 1.54) is 64.9 Å². The Kier molecular flexibility index (Phi) is 44.8. The second kappa shape index (κ2) is 37.3. The van der Waals surface area contributed by atoms with Gasteiger partial charge in [-0.2, -0.15) is 35.3 Å². The molecule has 0 rings (SSSR count). The summed E-state index contributed by atoms with van der Waals surface area (Å²) < 4.78 is 5.32. The number of ether oxygens (including phenoxy) is 1. The van der Waals surface area contributed by atoms with Crippen LogP contribution in [0.2, 0.25) is 4.44 Å². The van der Waals surface area contributed by atoms with Crippen molar-refractivity contribution >= 4 is 81.7 Å². The number of aliphatic carboxylic acids is 3. The fourth-order valence-corrected chi connectivity index (χ4v) is 4.40. The summed E-state index contributed by atoms with van der Waals surface area (Å²) in [5.74, 6) is 0.236. The van der Waals surface area contributed by atoms with Crippen LogP contribution in [0.3, 0.4) is 0 Å². The Bertz CT molecular complexity index is 431. The normalized spacial score (nSPS) is 9.24. The molecule has 0 unspecified atom stereocenters. The number of carboxylic acid groups (broad SMARTS) is 3. The van der Waals surface area contributed by atoms with Gasteiger partial charge in [0.2, 0.25) is 0 Å². The van der Waals surface area contributed by atoms with E-state index >= 15 is 0 Å². The molecule has 0 aromatic heterocycles. The summed E-state index contributed by atoms with van der Waals surface area (Å²) >= 11 is 5.66. The van der Waals surface area contributed by atoms with Crippen molar-refractivity contribution in [1.82, 2.24) is 0 Å². The van der Waals surface area contributed by atoms with E-state index in [1.807, 2.05) is 0 Å². The van der Waals surface area contributed by atoms with Gasteiger partial charge in [-0.05, 0) is 36.5 Å². The molecule has 0 bridgehead atoms. The molecular weight excluding hydrogens is 607 g/mol. The summed E-state index contributed by atoms with van der Waals surface area (Å²) in [4.78, 5) is 39.7. The monoisotopic (exact) mass is 648 g/mol. The Morgan fingerprint density at radius 2 is 0.971 bits per heavy atom. The predicted octanol–water partition coefficient (Wildman–Crippen LogP) is 0.945. The fourth-order valence-electron chi connectivity index (χ4n) is 1.41. The van der Waals surface area contributed by atoms with Gasteiger partial charge in [-0.3, -0.25) is 0 Å². The molecule has 0 aliphatic rings. The van der Waals surface area contributed by atoms with Gasteiger partial charge in [0.15, 0.2) is 0 Å². The molecule has 0 amide bonds. The van der Waals surface area contributed by atoms with Gasteiger partial charge in [-0.15, -0.1) is 0 Å². The molecule has 0 heterocycles. The average Bonchev–Trinajstić information content (AvgIpc) is 2.78. The van der Waals surface area contributed by atoms with Crippen molar-refractivity contribution in [1.29, 1.82) is 0 Å². The van der Waals surface area contributed by atoms with Crippen LogP contribution in [0.25, 0.3) is 0 Å². The quantitative estimate of drug-likeness (QED) is 0.126. The Morgan fingerprint density at radius 1 is 0.676 bits per heavy atom. The van der Waals surface area contributed by atoms with Crippen LogP contribution in [-0.2, 0) is 23.9 Å². The van der Waals surface area contributed by atoms with E-state index in [2.05, 4.69) is 25.5 Å². The molecular formula is C22H40O8S3Sn. The molecule has 0 atom stereocenters. The maximum absolute atomic E-state index is 10.2. The zero-order valence-corrected chi connectivity index (χ0v) is 26.2. The van der Waals surface area contributed by atoms with Crippen molar-refractivity contribution in [2.45, 2.75) is 70.2 Å². The Morgan fingerprint density at radius 3 is 1.12 bits per heavy atom. The van der Waals surface area contributed by atoms with Gasteiger partial charge < -0.3 is 29.7 Å². The van der Waals surface area contributed by atoms with Crippen LogP contribution in [-0.4, -0.2) is 88.0 Å². The standard InChI is InChI=1S/3C6H12O2S.C4H7O2.Sn/c3*1-2-3-4-9-5-6(7)8;1-3-4(5)6-2;/h3*2-5H2,1H3,(H,7,8);1,3H2,2H3;/q;;;;+3/p-3. The molecule has 0 fully saturated rings. The second-order valence-electron chi connectivity index (χ2n) is 6.41. The number of carboxylic acids is 3. The molecule has 198 valence electrons. The number of thioether (sulfide) groups is 3. The molecule has 0 aliphatic heterocycles. The molecule has 34 heavy (non-hydrogen) atoms. The van der Waals surface area contributed by atoms with E-state index in [0.29, 0.717) is 6.42 Å². The number of unbranched alkanes of at least 4 members (excludes halogenated alkanes) is 3. The molecule has 0 aromatic carbocycles. The summed E-state index contributed by atoms with van der Waals surface area (Å²) in [7, 11) is 1.41. The fraction of sp³-hybridized carbons (Fsp3) is 0.818. The van der Waals surface area contributed by atoms with Gasteiger partial charge in [0.25, 0.3) is 0 Å². The van der Waals surface area contributed by atoms with Crippen molar-refractivity contribution in [3.05, 3.63) is 0 Å². The number of hydrogen-bond donors (Lipinski definition) is 0. The van der Waals surface area contributed by atoms with Gasteiger partial charge in [0.1, 0.15) is 0 Å². The first-order valence-electron chi connectivity index (χ1n) is 11.2. The summed E-state index contributed by atoms with van der Waals surface area (Å²) in [6.45, 7) is 6.25. The van der Waals surface area contributed by atoms with Crippen LogP contribution in [0.5, 0.6) is 0 Å². The number of carbonyl (C=O) groups is 4. The Balaban J connectivity index is -0.000000177. The molecule has 0 N–H and O–H groups in total. The van der Waals surface area contributed by atoms with Gasteiger partial charge in [0, 0.05) is 17.3 Å². The van der Waals surface area contributed by atoms with E-state index in [0.717, 1.165) is 60.2 Å². The molecule has 0 aromatic rings. The summed E-state index contributed by atoms with van der Waals surface area (Å²) in [5.41, 5.74) is 0. The molecule has 0 spiro atoms. The second-order valence-corrected chi connectivity index (χ2v) is 11.2. The van der Waals surface area contributed by atoms with Crippen LogP contribution in [0, 0.1) is 0 Å². The van der Waals surface area contributed by atoms with E-state index in [4.69, 9.17) is 0 Å². The predicted molar refractivity (Wildman–Crippen MR) is 139 cm³/mol. The van der Waals surface area contributed by atoms with Gasteiger partial charge in [-0.1, -0.05) is 40.0 Å². The molecule has 0 saturated heterocycles. The Hall–Kier alpha value is -0.271. The summed E-state index contributed by atoms with van der Waals surface area (Å²) in [6, 6.07) is 0. The van der Waals surface area contributed by atoms with Crippen molar-refractivity contribution < 1.29 is 39.2 Å². The van der Waals surface area contributed by atoms with Crippen LogP contribution < -0.4 is 15.3 Å². The number of esters is 1. The molecule has 0 aliphatic carbocycles. The van der Waals surface area contributed by atoms with E-state index < -0.39 is 17.9 Å². The molecule has 12 heteroatoms. The number of rotatable bonds is 17. The van der Waals surface area contributed by atoms with Crippen molar-refractivity contribution in [2.24, 2.45) is 0 Å². The van der Waals surface area contributed by atoms with Crippen LogP contribution >= 0.6 is 35.3 Å². The van der Waals surface area contributed by atoms with Crippen LogP contribution in [0.4, 0.5) is 0 Å². The topological polar surface area (TPSA) is 147 Å². The Labute approximate surface area is 231 Å². The average molecular weight is 647 g/mol. The van der Waals surface area contributed by atoms with Crippen LogP contribution in [0.15, 0.2) is 0 Å². The van der Waals surface area contributed by atoms with E-state index in [-0.39, 0.29) is 23.2 Å². The first kappa shape index (κ1) is 40.9. The number of carbonyl (C=O) groups excluding carboxylic acids is 4. The van der Waals surface area contributed by atoms with Crippen molar-refractivity contribution in [3.63, 3.8) is 0 Å². The first-order chi connectivity index (χ1) is 16.1. The maximum atomic E-state index is 10.2. The van der Waals surface area contributed by atoms with E-state index in [1.54, 1.807) is 0 Å². The number of methoxy groups -OCH3 is 1. The minimum atomic E-state index is -0.962. The zero-order valence-electron chi connectivity index (χ0n) is 20.9. The minimum absolute atomic E-state index is 0.100. The number of hydrogen-bond acceptors (Lipinski definition) is 11. The molecule has 8 nitrogen and oxygen atoms in total. The van der Waals surface area contributed by atoms with Crippen molar-refractivity contribution in [3.8, 4) is 0 Å². The third-order valence-corrected chi connectivity index (χ3v) is 6.91. The summed E-state index contributed by atoms with van der Waals surface area (Å²) in [6.07, 6.45) is 7.24. The molecule has 0 radical (unpaired) electrons. The van der Waals surface area contributed by atoms with Gasteiger partial charge in [-0.25, -0.2) is 0 Å². The zero-order chi connectivity index (χ0) is 27.0. The van der Waals surface area contributed by atoms with Crippen LogP contribution in [0.1, 0.15) is 65.7 Å². The third-order valence-electron chi connectivity index (χ3n) is 3.14. The van der Waals surface area contributed by atoms with Gasteiger partial charge >= 0.3 is 56.0 Å². The van der Waals surface area contributed by atoms with Gasteiger partial charge in [0.05, 0.1) is 17.9 Å². The summed E-state index contributed by atoms with van der Waals surface area (Å²) in [5, 5.41) is 29.5. The van der Waals surface area contributed by atoms with Crippen molar-refractivity contribution in [2.75, 3.05) is 41.6 Å². The first-order valence-corrected chi connectivity index (χ1v) is 16.6. The molecule has 0 saturated carbocycles. The SMILES string of the molecule is CCCCSCC(=O)[O-].CCCCSCC(=O)[O-].CCCCSCC(=O)[O-].COC(=O)C[CH2][Sn+3].